The minimum atomic E-state index is -1.23. The number of aliphatic hydroxyl groups is 1. The monoisotopic (exact) mass is 653 g/mol. The third kappa shape index (κ3) is 7.47. The maximum atomic E-state index is 14.4. The van der Waals surface area contributed by atoms with E-state index in [-0.39, 0.29) is 31.4 Å². The van der Waals surface area contributed by atoms with E-state index in [1.807, 2.05) is 30.3 Å². The van der Waals surface area contributed by atoms with E-state index in [1.54, 1.807) is 24.0 Å². The number of ether oxygens (including phenoxy) is 3. The summed E-state index contributed by atoms with van der Waals surface area (Å²) in [6.45, 7) is 11.8. The van der Waals surface area contributed by atoms with Gasteiger partial charge in [0.15, 0.2) is 0 Å². The molecule has 0 saturated carbocycles. The highest BCUT2D eigenvalue weighted by atomic mass is 16.6. The molecule has 47 heavy (non-hydrogen) atoms. The lowest BCUT2D eigenvalue weighted by Crippen LogP contribution is -2.58. The van der Waals surface area contributed by atoms with Crippen LogP contribution in [0.25, 0.3) is 0 Å². The summed E-state index contributed by atoms with van der Waals surface area (Å²) in [6, 6.07) is 6.70. The number of carbonyl (C=O) groups is 4. The summed E-state index contributed by atoms with van der Waals surface area (Å²) in [4.78, 5) is 58.9. The summed E-state index contributed by atoms with van der Waals surface area (Å²) in [7, 11) is 1.50. The van der Waals surface area contributed by atoms with E-state index in [0.717, 1.165) is 19.3 Å². The van der Waals surface area contributed by atoms with E-state index in [9.17, 15) is 24.3 Å². The van der Waals surface area contributed by atoms with Crippen LogP contribution < -0.4 is 5.32 Å². The molecule has 1 aromatic carbocycles. The van der Waals surface area contributed by atoms with Crippen LogP contribution >= 0.6 is 0 Å². The summed E-state index contributed by atoms with van der Waals surface area (Å²) in [5.41, 5.74) is -0.581. The van der Waals surface area contributed by atoms with E-state index in [2.05, 4.69) is 25.4 Å². The van der Waals surface area contributed by atoms with Crippen molar-refractivity contribution in [1.82, 2.24) is 15.1 Å². The zero-order chi connectivity index (χ0) is 34.1. The summed E-state index contributed by atoms with van der Waals surface area (Å²) >= 11 is 0. The van der Waals surface area contributed by atoms with Crippen molar-refractivity contribution in [2.75, 3.05) is 33.4 Å². The van der Waals surface area contributed by atoms with E-state index in [0.29, 0.717) is 37.9 Å². The molecule has 11 heteroatoms. The number of rotatable bonds is 19. The highest BCUT2D eigenvalue weighted by Gasteiger charge is 2.75. The van der Waals surface area contributed by atoms with Crippen LogP contribution in [0.2, 0.25) is 0 Å². The standard InChI is InChI=1S/C36H51N3O8/c1-6-9-14-21-38(20-8-3)34(43)32-36-19-18-27(47-36)29(30(36)33(42)39(32)24(4)22-40)35(44)46-31(25-15-12-11-13-16-25)26(23-45-5)37-28(41)17-10-7-2/h7-8,11-13,15-16,24,26-27,29-32,40H,2-3,6,9-10,14,17-23H2,1,4-5H3,(H,37,41)/t24-,26+,27-,29+,30+,31+,32-,36+/m1/s1. The number of fused-ring (bicyclic) bond motifs is 1. The number of likely N-dealkylation sites (tertiary alicyclic amines) is 1. The van der Waals surface area contributed by atoms with Gasteiger partial charge in [0.1, 0.15) is 17.7 Å². The van der Waals surface area contributed by atoms with Crippen LogP contribution in [0.1, 0.15) is 70.5 Å². The van der Waals surface area contributed by atoms with Crippen molar-refractivity contribution in [2.24, 2.45) is 11.8 Å². The Labute approximate surface area is 278 Å². The first-order valence-electron chi connectivity index (χ1n) is 16.8. The average Bonchev–Trinajstić information content (AvgIpc) is 3.72. The minimum absolute atomic E-state index is 0.0686. The smallest absolute Gasteiger partial charge is 0.313 e. The maximum absolute atomic E-state index is 14.4. The SMILES string of the molecule is C=CCCC(=O)N[C@@H](COC)[C@@H](OC(=O)[C@@H]1[C@H]2C(=O)N([C@H](C)CO)[C@H](C(=O)N(CC=C)CCCCC)[C@]23CC[C@H]1O3)c1ccccc1. The Bertz CT molecular complexity index is 1270. The predicted molar refractivity (Wildman–Crippen MR) is 176 cm³/mol. The fraction of sp³-hybridized carbons (Fsp3) is 0.611. The Morgan fingerprint density at radius 2 is 1.96 bits per heavy atom. The van der Waals surface area contributed by atoms with Crippen LogP contribution in [0.4, 0.5) is 0 Å². The Morgan fingerprint density at radius 3 is 2.60 bits per heavy atom. The maximum Gasteiger partial charge on any atom is 0.313 e. The molecule has 3 heterocycles. The molecule has 2 N–H and O–H groups in total. The van der Waals surface area contributed by atoms with Crippen molar-refractivity contribution in [1.29, 1.82) is 0 Å². The number of amides is 3. The van der Waals surface area contributed by atoms with Crippen molar-refractivity contribution in [3.63, 3.8) is 0 Å². The van der Waals surface area contributed by atoms with Gasteiger partial charge in [0.05, 0.1) is 43.2 Å². The molecule has 0 unspecified atom stereocenters. The zero-order valence-corrected chi connectivity index (χ0v) is 28.0. The van der Waals surface area contributed by atoms with Gasteiger partial charge in [-0.15, -0.1) is 13.2 Å². The van der Waals surface area contributed by atoms with Gasteiger partial charge in [0.25, 0.3) is 0 Å². The molecule has 11 nitrogen and oxygen atoms in total. The van der Waals surface area contributed by atoms with Crippen LogP contribution in [0, 0.1) is 11.8 Å². The van der Waals surface area contributed by atoms with Gasteiger partial charge in [-0.1, -0.05) is 62.2 Å². The molecule has 8 atom stereocenters. The highest BCUT2D eigenvalue weighted by Crippen LogP contribution is 2.59. The number of aliphatic hydroxyl groups excluding tert-OH is 1. The Kier molecular flexibility index (Phi) is 12.8. The third-order valence-electron chi connectivity index (χ3n) is 9.68. The summed E-state index contributed by atoms with van der Waals surface area (Å²) in [5.74, 6) is -3.48. The van der Waals surface area contributed by atoms with Crippen LogP contribution in [-0.2, 0) is 33.4 Å². The lowest BCUT2D eigenvalue weighted by Gasteiger charge is -2.38. The first kappa shape index (κ1) is 36.3. The molecule has 3 fully saturated rings. The number of carbonyl (C=O) groups excluding carboxylic acids is 4. The topological polar surface area (TPSA) is 135 Å². The second-order valence-electron chi connectivity index (χ2n) is 12.8. The fourth-order valence-corrected chi connectivity index (χ4v) is 7.50. The summed E-state index contributed by atoms with van der Waals surface area (Å²) < 4.78 is 18.3. The summed E-state index contributed by atoms with van der Waals surface area (Å²) in [5, 5.41) is 13.1. The van der Waals surface area contributed by atoms with Gasteiger partial charge < -0.3 is 34.4 Å². The summed E-state index contributed by atoms with van der Waals surface area (Å²) in [6.07, 6.45) is 6.11. The molecule has 1 spiro atoms. The highest BCUT2D eigenvalue weighted by molar-refractivity contribution is 5.98. The first-order valence-corrected chi connectivity index (χ1v) is 16.8. The van der Waals surface area contributed by atoms with Gasteiger partial charge in [0, 0.05) is 26.6 Å². The van der Waals surface area contributed by atoms with Crippen molar-refractivity contribution in [2.45, 2.75) is 94.7 Å². The molecule has 3 aliphatic heterocycles. The van der Waals surface area contributed by atoms with Gasteiger partial charge in [-0.2, -0.15) is 0 Å². The van der Waals surface area contributed by atoms with Gasteiger partial charge >= 0.3 is 5.97 Å². The van der Waals surface area contributed by atoms with Gasteiger partial charge in [-0.3, -0.25) is 19.2 Å². The molecule has 3 aliphatic rings. The number of nitrogens with one attached hydrogen (secondary N) is 1. The van der Waals surface area contributed by atoms with Crippen molar-refractivity contribution < 1.29 is 38.5 Å². The number of unbranched alkanes of at least 4 members (excludes halogenated alkanes) is 2. The fourth-order valence-electron chi connectivity index (χ4n) is 7.50. The lowest BCUT2D eigenvalue weighted by atomic mass is 9.70. The number of methoxy groups -OCH3 is 1. The molecule has 0 aliphatic carbocycles. The number of esters is 1. The molecule has 2 bridgehead atoms. The van der Waals surface area contributed by atoms with Crippen LogP contribution in [-0.4, -0.2) is 102 Å². The predicted octanol–water partition coefficient (Wildman–Crippen LogP) is 3.33. The van der Waals surface area contributed by atoms with Crippen LogP contribution in [0.15, 0.2) is 55.6 Å². The third-order valence-corrected chi connectivity index (χ3v) is 9.68. The van der Waals surface area contributed by atoms with Crippen molar-refractivity contribution in [3.8, 4) is 0 Å². The van der Waals surface area contributed by atoms with Crippen molar-refractivity contribution >= 4 is 23.7 Å². The number of nitrogens with zero attached hydrogens (tertiary/aromatic N) is 2. The molecule has 0 aromatic heterocycles. The Balaban J connectivity index is 1.68. The largest absolute Gasteiger partial charge is 0.455 e. The van der Waals surface area contributed by atoms with Gasteiger partial charge in [-0.05, 0) is 38.2 Å². The second-order valence-corrected chi connectivity index (χ2v) is 12.8. The van der Waals surface area contributed by atoms with E-state index in [4.69, 9.17) is 14.2 Å². The molecular formula is C36H51N3O8. The minimum Gasteiger partial charge on any atom is -0.455 e. The lowest BCUT2D eigenvalue weighted by molar-refractivity contribution is -0.163. The quantitative estimate of drug-likeness (QED) is 0.132. The molecule has 4 rings (SSSR count). The van der Waals surface area contributed by atoms with Crippen LogP contribution in [0.3, 0.4) is 0 Å². The molecular weight excluding hydrogens is 602 g/mol. The van der Waals surface area contributed by atoms with Gasteiger partial charge in [0.2, 0.25) is 17.7 Å². The molecule has 258 valence electrons. The number of allylic oxidation sites excluding steroid dienone is 1. The first-order chi connectivity index (χ1) is 22.7. The van der Waals surface area contributed by atoms with E-state index in [1.165, 1.54) is 12.0 Å². The zero-order valence-electron chi connectivity index (χ0n) is 28.0. The molecule has 1 aromatic rings. The number of hydrogen-bond donors (Lipinski definition) is 2. The van der Waals surface area contributed by atoms with E-state index >= 15 is 0 Å². The Hall–Kier alpha value is -3.54. The molecule has 3 saturated heterocycles. The van der Waals surface area contributed by atoms with Crippen molar-refractivity contribution in [3.05, 3.63) is 61.2 Å². The van der Waals surface area contributed by atoms with Gasteiger partial charge in [-0.25, -0.2) is 0 Å². The number of benzene rings is 1. The normalized spacial score (nSPS) is 26.3. The molecule has 0 radical (unpaired) electrons. The Morgan fingerprint density at radius 1 is 1.21 bits per heavy atom. The average molecular weight is 654 g/mol. The van der Waals surface area contributed by atoms with E-state index < -0.39 is 59.6 Å². The molecule has 3 amide bonds. The van der Waals surface area contributed by atoms with Crippen LogP contribution in [0.5, 0.6) is 0 Å². The number of hydrogen-bond acceptors (Lipinski definition) is 8. The second kappa shape index (κ2) is 16.5.